The Labute approximate surface area is 142 Å². The van der Waals surface area contributed by atoms with Crippen molar-refractivity contribution in [1.82, 2.24) is 14.3 Å². The summed E-state index contributed by atoms with van der Waals surface area (Å²) in [5.74, 6) is -0.282. The van der Waals surface area contributed by atoms with E-state index in [1.807, 2.05) is 6.92 Å². The van der Waals surface area contributed by atoms with Gasteiger partial charge in [0.05, 0.1) is 6.10 Å². The minimum Gasteiger partial charge on any atom is -0.463 e. The van der Waals surface area contributed by atoms with Gasteiger partial charge in [0.1, 0.15) is 6.20 Å². The molecule has 0 aromatic carbocycles. The molecule has 0 radical (unpaired) electrons. The van der Waals surface area contributed by atoms with Crippen LogP contribution in [0.15, 0.2) is 15.8 Å². The molecule has 0 saturated carbocycles. The standard InChI is InChI=1S/C17H29N3O4/c1-4-5-6-8-11-19-16(22)13-18-20(17(19)23)12-9-7-10-14(2)24-15(3)21/h13-14H,4-12H2,1-3H3. The van der Waals surface area contributed by atoms with Crippen molar-refractivity contribution < 1.29 is 9.53 Å². The lowest BCUT2D eigenvalue weighted by molar-refractivity contribution is -0.145. The summed E-state index contributed by atoms with van der Waals surface area (Å²) < 4.78 is 7.67. The number of aryl methyl sites for hydroxylation is 1. The van der Waals surface area contributed by atoms with Crippen LogP contribution in [0.4, 0.5) is 0 Å². The van der Waals surface area contributed by atoms with E-state index in [4.69, 9.17) is 4.74 Å². The predicted molar refractivity (Wildman–Crippen MR) is 92.0 cm³/mol. The fourth-order valence-corrected chi connectivity index (χ4v) is 2.56. The lowest BCUT2D eigenvalue weighted by atomic mass is 10.2. The molecule has 0 aliphatic heterocycles. The first kappa shape index (κ1) is 20.1. The van der Waals surface area contributed by atoms with E-state index in [1.54, 1.807) is 0 Å². The molecule has 1 unspecified atom stereocenters. The molecule has 7 heteroatoms. The zero-order valence-electron chi connectivity index (χ0n) is 15.0. The number of hydrogen-bond donors (Lipinski definition) is 0. The van der Waals surface area contributed by atoms with Crippen molar-refractivity contribution in [3.05, 3.63) is 27.0 Å². The number of carbonyl (C=O) groups excluding carboxylic acids is 1. The molecule has 0 N–H and O–H groups in total. The maximum atomic E-state index is 12.3. The normalized spacial score (nSPS) is 12.1. The van der Waals surface area contributed by atoms with E-state index >= 15 is 0 Å². The zero-order chi connectivity index (χ0) is 17.9. The molecule has 0 aliphatic rings. The fraction of sp³-hybridized carbons (Fsp3) is 0.765. The van der Waals surface area contributed by atoms with Gasteiger partial charge in [0.25, 0.3) is 5.56 Å². The summed E-state index contributed by atoms with van der Waals surface area (Å²) in [6.45, 7) is 6.27. The van der Waals surface area contributed by atoms with Gasteiger partial charge in [0.15, 0.2) is 0 Å². The van der Waals surface area contributed by atoms with Gasteiger partial charge in [0, 0.05) is 20.0 Å². The van der Waals surface area contributed by atoms with E-state index in [1.165, 1.54) is 22.4 Å². The van der Waals surface area contributed by atoms with E-state index in [9.17, 15) is 14.4 Å². The summed E-state index contributed by atoms with van der Waals surface area (Å²) in [5.41, 5.74) is -0.678. The highest BCUT2D eigenvalue weighted by Gasteiger charge is 2.08. The Balaban J connectivity index is 2.52. The van der Waals surface area contributed by atoms with Gasteiger partial charge in [-0.1, -0.05) is 26.2 Å². The highest BCUT2D eigenvalue weighted by molar-refractivity contribution is 5.66. The molecule has 136 valence electrons. The van der Waals surface area contributed by atoms with Crippen molar-refractivity contribution in [2.75, 3.05) is 0 Å². The first-order valence-corrected chi connectivity index (χ1v) is 8.80. The molecule has 1 aromatic heterocycles. The molecule has 0 spiro atoms. The Morgan fingerprint density at radius 2 is 1.88 bits per heavy atom. The van der Waals surface area contributed by atoms with Crippen LogP contribution in [-0.2, 0) is 22.6 Å². The summed E-state index contributed by atoms with van der Waals surface area (Å²) in [7, 11) is 0. The van der Waals surface area contributed by atoms with Crippen molar-refractivity contribution >= 4 is 5.97 Å². The van der Waals surface area contributed by atoms with Gasteiger partial charge in [-0.25, -0.2) is 9.48 Å². The lowest BCUT2D eigenvalue weighted by Crippen LogP contribution is -2.41. The number of esters is 1. The molecule has 0 bridgehead atoms. The Kier molecular flexibility index (Phi) is 9.04. The topological polar surface area (TPSA) is 83.2 Å². The molecular weight excluding hydrogens is 310 g/mol. The maximum Gasteiger partial charge on any atom is 0.347 e. The summed E-state index contributed by atoms with van der Waals surface area (Å²) in [5, 5.41) is 3.93. The Morgan fingerprint density at radius 1 is 1.17 bits per heavy atom. The third-order valence-corrected chi connectivity index (χ3v) is 3.86. The quantitative estimate of drug-likeness (QED) is 0.455. The number of hydrogen-bond acceptors (Lipinski definition) is 5. The Bertz CT molecular complexity index is 621. The second kappa shape index (κ2) is 10.8. The summed E-state index contributed by atoms with van der Waals surface area (Å²) in [6.07, 6.45) is 7.44. The SMILES string of the molecule is CCCCCCn1c(=O)cnn(CCCCC(C)OC(C)=O)c1=O. The first-order chi connectivity index (χ1) is 11.5. The fourth-order valence-electron chi connectivity index (χ4n) is 2.56. The van der Waals surface area contributed by atoms with Crippen molar-refractivity contribution in [1.29, 1.82) is 0 Å². The third-order valence-electron chi connectivity index (χ3n) is 3.86. The predicted octanol–water partition coefficient (Wildman–Crippen LogP) is 2.11. The van der Waals surface area contributed by atoms with Crippen LogP contribution in [-0.4, -0.2) is 26.4 Å². The van der Waals surface area contributed by atoms with Gasteiger partial charge in [-0.2, -0.15) is 5.10 Å². The van der Waals surface area contributed by atoms with Crippen molar-refractivity contribution in [3.8, 4) is 0 Å². The molecule has 1 atom stereocenters. The molecule has 0 amide bonds. The first-order valence-electron chi connectivity index (χ1n) is 8.80. The van der Waals surface area contributed by atoms with E-state index in [-0.39, 0.29) is 23.3 Å². The largest absolute Gasteiger partial charge is 0.463 e. The Hall–Kier alpha value is -1.92. The lowest BCUT2D eigenvalue weighted by Gasteiger charge is -2.12. The minimum atomic E-state index is -0.341. The number of rotatable bonds is 11. The maximum absolute atomic E-state index is 12.3. The number of aromatic nitrogens is 3. The smallest absolute Gasteiger partial charge is 0.347 e. The van der Waals surface area contributed by atoms with Crippen LogP contribution < -0.4 is 11.2 Å². The third kappa shape index (κ3) is 7.10. The number of unbranched alkanes of at least 4 members (excludes halogenated alkanes) is 4. The van der Waals surface area contributed by atoms with Crippen LogP contribution in [0.3, 0.4) is 0 Å². The van der Waals surface area contributed by atoms with Gasteiger partial charge in [-0.05, 0) is 32.6 Å². The van der Waals surface area contributed by atoms with E-state index in [2.05, 4.69) is 12.0 Å². The monoisotopic (exact) mass is 339 g/mol. The van der Waals surface area contributed by atoms with Crippen LogP contribution in [0.25, 0.3) is 0 Å². The second-order valence-corrected chi connectivity index (χ2v) is 6.12. The van der Waals surface area contributed by atoms with Crippen molar-refractivity contribution in [2.24, 2.45) is 0 Å². The van der Waals surface area contributed by atoms with Gasteiger partial charge >= 0.3 is 11.7 Å². The Morgan fingerprint density at radius 3 is 2.54 bits per heavy atom. The van der Waals surface area contributed by atoms with E-state index in [0.29, 0.717) is 13.1 Å². The van der Waals surface area contributed by atoms with E-state index in [0.717, 1.165) is 44.9 Å². The average molecular weight is 339 g/mol. The second-order valence-electron chi connectivity index (χ2n) is 6.12. The summed E-state index contributed by atoms with van der Waals surface area (Å²) in [4.78, 5) is 35.0. The molecule has 1 aromatic rings. The molecule has 7 nitrogen and oxygen atoms in total. The van der Waals surface area contributed by atoms with Crippen molar-refractivity contribution in [3.63, 3.8) is 0 Å². The van der Waals surface area contributed by atoms with Gasteiger partial charge in [-0.15, -0.1) is 0 Å². The molecule has 1 rings (SSSR count). The van der Waals surface area contributed by atoms with Crippen LogP contribution in [0.2, 0.25) is 0 Å². The summed E-state index contributed by atoms with van der Waals surface area (Å²) in [6, 6.07) is 0. The highest BCUT2D eigenvalue weighted by atomic mass is 16.5. The molecule has 0 aliphatic carbocycles. The zero-order valence-corrected chi connectivity index (χ0v) is 15.0. The molecular formula is C17H29N3O4. The van der Waals surface area contributed by atoms with Crippen LogP contribution in [0.1, 0.15) is 65.7 Å². The average Bonchev–Trinajstić information content (AvgIpc) is 2.51. The van der Waals surface area contributed by atoms with Crippen LogP contribution in [0.5, 0.6) is 0 Å². The van der Waals surface area contributed by atoms with Crippen LogP contribution >= 0.6 is 0 Å². The van der Waals surface area contributed by atoms with E-state index < -0.39 is 0 Å². The minimum absolute atomic E-state index is 0.125. The highest BCUT2D eigenvalue weighted by Crippen LogP contribution is 2.05. The number of carbonyl (C=O) groups is 1. The molecule has 1 heterocycles. The summed E-state index contributed by atoms with van der Waals surface area (Å²) >= 11 is 0. The van der Waals surface area contributed by atoms with Gasteiger partial charge < -0.3 is 4.74 Å². The van der Waals surface area contributed by atoms with Crippen molar-refractivity contribution in [2.45, 2.75) is 84.9 Å². The number of nitrogens with zero attached hydrogens (tertiary/aromatic N) is 3. The molecule has 24 heavy (non-hydrogen) atoms. The van der Waals surface area contributed by atoms with Crippen LogP contribution in [0, 0.1) is 0 Å². The number of ether oxygens (including phenoxy) is 1. The molecule has 0 fully saturated rings. The van der Waals surface area contributed by atoms with Gasteiger partial charge in [-0.3, -0.25) is 14.2 Å². The van der Waals surface area contributed by atoms with Gasteiger partial charge in [0.2, 0.25) is 0 Å². The molecule has 0 saturated heterocycles.